The summed E-state index contributed by atoms with van der Waals surface area (Å²) < 4.78 is 6.32. The number of benzene rings is 6. The lowest BCUT2D eigenvalue weighted by molar-refractivity contribution is -0.122. The number of barbiturate groups is 1. The fraction of sp³-hybridized carbons (Fsp3) is 0.152. The van der Waals surface area contributed by atoms with E-state index in [9.17, 15) is 14.4 Å². The highest BCUT2D eigenvalue weighted by atomic mass is 35.5. The first kappa shape index (κ1) is 33.6. The molecule has 0 spiro atoms. The van der Waals surface area contributed by atoms with E-state index in [0.29, 0.717) is 22.0 Å². The minimum atomic E-state index is -0.777. The predicted molar refractivity (Wildman–Crippen MR) is 213 cm³/mol. The van der Waals surface area contributed by atoms with Gasteiger partial charge < -0.3 is 9.64 Å². The molecule has 7 nitrogen and oxygen atoms in total. The van der Waals surface area contributed by atoms with Crippen molar-refractivity contribution in [2.24, 2.45) is 0 Å². The average Bonchev–Trinajstić information content (AvgIpc) is 3.19. The van der Waals surface area contributed by atoms with E-state index >= 15 is 0 Å². The molecule has 0 bridgehead atoms. The molecule has 54 heavy (non-hydrogen) atoms. The number of nitrogens with zero attached hydrogens (tertiary/aromatic N) is 2. The van der Waals surface area contributed by atoms with Gasteiger partial charge in [0.05, 0.1) is 5.69 Å². The van der Waals surface area contributed by atoms with Crippen molar-refractivity contribution in [1.82, 2.24) is 5.32 Å². The van der Waals surface area contributed by atoms with Crippen LogP contribution in [0, 0.1) is 0 Å². The molecule has 9 rings (SSSR count). The van der Waals surface area contributed by atoms with E-state index in [0.717, 1.165) is 58.3 Å². The molecule has 1 fully saturated rings. The molecule has 0 saturated carbocycles. The van der Waals surface area contributed by atoms with Crippen LogP contribution in [-0.4, -0.2) is 30.9 Å². The van der Waals surface area contributed by atoms with Gasteiger partial charge in [-0.3, -0.25) is 14.9 Å². The molecule has 3 heterocycles. The molecule has 0 unspecified atom stereocenters. The predicted octanol–water partition coefficient (Wildman–Crippen LogP) is 9.62. The Morgan fingerprint density at radius 1 is 0.722 bits per heavy atom. The van der Waals surface area contributed by atoms with Crippen LogP contribution in [0.25, 0.3) is 16.8 Å². The van der Waals surface area contributed by atoms with E-state index in [4.69, 9.17) is 16.3 Å². The number of fused-ring (bicyclic) bond motifs is 1. The zero-order valence-corrected chi connectivity index (χ0v) is 30.1. The number of anilines is 2. The number of rotatable bonds is 7. The minimum Gasteiger partial charge on any atom is -0.488 e. The summed E-state index contributed by atoms with van der Waals surface area (Å²) in [4.78, 5) is 45.7. The molecule has 3 aliphatic heterocycles. The van der Waals surface area contributed by atoms with E-state index in [-0.39, 0.29) is 24.0 Å². The van der Waals surface area contributed by atoms with Crippen molar-refractivity contribution in [2.75, 3.05) is 22.9 Å². The van der Waals surface area contributed by atoms with E-state index < -0.39 is 17.8 Å². The van der Waals surface area contributed by atoms with Crippen molar-refractivity contribution in [3.05, 3.63) is 177 Å². The molecule has 3 aliphatic rings. The Hall–Kier alpha value is -6.18. The van der Waals surface area contributed by atoms with Crippen LogP contribution in [-0.2, 0) is 16.2 Å². The zero-order valence-electron chi connectivity index (χ0n) is 29.4. The zero-order chi connectivity index (χ0) is 36.8. The summed E-state index contributed by atoms with van der Waals surface area (Å²) in [5.74, 6) is -0.828. The fourth-order valence-corrected chi connectivity index (χ4v) is 8.56. The van der Waals surface area contributed by atoms with Crippen LogP contribution in [0.4, 0.5) is 16.2 Å². The molecule has 1 saturated heterocycles. The smallest absolute Gasteiger partial charge is 0.335 e. The Morgan fingerprint density at radius 3 is 2.04 bits per heavy atom. The lowest BCUT2D eigenvalue weighted by atomic mass is 9.76. The van der Waals surface area contributed by atoms with Gasteiger partial charge in [0.2, 0.25) is 0 Å². The standard InChI is InChI=1S/C46H36ClN3O4/c47-33-16-9-10-29(24-33)28-54-42-19-18-32-15-7-8-17-35(32)38(42)27-41-44(51)48-46(53)50(45(41)52)34-25-39-36(30-11-3-1-4-12-30)20-22-49-23-21-37(40(26-34)43(39)49)31-13-5-2-6-14-31/h1-19,24-27,36-37H,20-23,28H2,(H,48,51,53)/b41-27+/t36-,37-/m0/s1. The van der Waals surface area contributed by atoms with Crippen LogP contribution < -0.4 is 19.9 Å². The van der Waals surface area contributed by atoms with Crippen molar-refractivity contribution in [2.45, 2.75) is 31.3 Å². The maximum atomic E-state index is 14.7. The first-order valence-corrected chi connectivity index (χ1v) is 18.6. The third kappa shape index (κ3) is 6.10. The quantitative estimate of drug-likeness (QED) is 0.131. The molecule has 266 valence electrons. The fourth-order valence-electron chi connectivity index (χ4n) is 8.34. The van der Waals surface area contributed by atoms with Gasteiger partial charge in [0.15, 0.2) is 0 Å². The minimum absolute atomic E-state index is 0.0696. The summed E-state index contributed by atoms with van der Waals surface area (Å²) in [5, 5.41) is 4.79. The summed E-state index contributed by atoms with van der Waals surface area (Å²) in [5.41, 5.74) is 7.41. The molecular formula is C46H36ClN3O4. The maximum Gasteiger partial charge on any atom is 0.335 e. The van der Waals surface area contributed by atoms with Gasteiger partial charge in [-0.1, -0.05) is 115 Å². The van der Waals surface area contributed by atoms with Crippen molar-refractivity contribution in [3.8, 4) is 5.75 Å². The third-order valence-electron chi connectivity index (χ3n) is 10.9. The molecule has 0 aromatic heterocycles. The van der Waals surface area contributed by atoms with Gasteiger partial charge in [-0.2, -0.15) is 0 Å². The lowest BCUT2D eigenvalue weighted by Gasteiger charge is -2.44. The molecule has 6 aromatic rings. The Balaban J connectivity index is 1.17. The SMILES string of the molecule is O=C1NC(=O)N(c2cc3c4c(c2)[C@H](c2ccccc2)CCN4CC[C@H]3c2ccccc2)C(=O)/C1=C/c1c(OCc2cccc(Cl)c2)ccc2ccccc12. The summed E-state index contributed by atoms with van der Waals surface area (Å²) >= 11 is 6.24. The topological polar surface area (TPSA) is 79.0 Å². The summed E-state index contributed by atoms with van der Waals surface area (Å²) in [6.45, 7) is 2.05. The van der Waals surface area contributed by atoms with Gasteiger partial charge in [-0.25, -0.2) is 9.69 Å². The van der Waals surface area contributed by atoms with Gasteiger partial charge in [0.1, 0.15) is 17.9 Å². The number of halogens is 1. The molecule has 6 aromatic carbocycles. The summed E-state index contributed by atoms with van der Waals surface area (Å²) in [6, 6.07) is 42.9. The monoisotopic (exact) mass is 729 g/mol. The normalized spacial score (nSPS) is 18.8. The van der Waals surface area contributed by atoms with Crippen LogP contribution in [0.3, 0.4) is 0 Å². The average molecular weight is 730 g/mol. The number of carbonyl (C=O) groups excluding carboxylic acids is 3. The van der Waals surface area contributed by atoms with Crippen molar-refractivity contribution in [3.63, 3.8) is 0 Å². The Labute approximate surface area is 318 Å². The van der Waals surface area contributed by atoms with Crippen LogP contribution >= 0.6 is 11.6 Å². The number of carbonyl (C=O) groups is 3. The molecule has 8 heteroatoms. The first-order valence-electron chi connectivity index (χ1n) is 18.3. The highest BCUT2D eigenvalue weighted by Crippen LogP contribution is 2.50. The van der Waals surface area contributed by atoms with Gasteiger partial charge in [-0.15, -0.1) is 0 Å². The van der Waals surface area contributed by atoms with Crippen LogP contribution in [0.2, 0.25) is 5.02 Å². The second-order valence-corrected chi connectivity index (χ2v) is 14.5. The number of ether oxygens (including phenoxy) is 1. The summed E-state index contributed by atoms with van der Waals surface area (Å²) in [6.07, 6.45) is 3.36. The number of nitrogens with one attached hydrogen (secondary N) is 1. The summed E-state index contributed by atoms with van der Waals surface area (Å²) in [7, 11) is 0. The van der Waals surface area contributed by atoms with Crippen LogP contribution in [0.15, 0.2) is 139 Å². The van der Waals surface area contributed by atoms with Crippen molar-refractivity contribution in [1.29, 1.82) is 0 Å². The molecule has 0 radical (unpaired) electrons. The van der Waals surface area contributed by atoms with E-state index in [1.54, 1.807) is 12.1 Å². The number of hydrogen-bond acceptors (Lipinski definition) is 5. The van der Waals surface area contributed by atoms with Gasteiger partial charge in [0, 0.05) is 41.2 Å². The van der Waals surface area contributed by atoms with E-state index in [1.807, 2.05) is 78.9 Å². The Kier molecular flexibility index (Phi) is 8.72. The van der Waals surface area contributed by atoms with Crippen molar-refractivity contribution < 1.29 is 19.1 Å². The number of urea groups is 1. The van der Waals surface area contributed by atoms with E-state index in [2.05, 4.69) is 58.7 Å². The van der Waals surface area contributed by atoms with Crippen molar-refractivity contribution >= 4 is 57.7 Å². The number of imide groups is 2. The third-order valence-corrected chi connectivity index (χ3v) is 11.1. The second-order valence-electron chi connectivity index (χ2n) is 14.0. The first-order chi connectivity index (χ1) is 26.4. The number of hydrogen-bond donors (Lipinski definition) is 1. The Bertz CT molecular complexity index is 2410. The lowest BCUT2D eigenvalue weighted by Crippen LogP contribution is -2.54. The second kappa shape index (κ2) is 14.0. The highest BCUT2D eigenvalue weighted by Gasteiger charge is 2.41. The molecule has 4 amide bonds. The van der Waals surface area contributed by atoms with Gasteiger partial charge in [0.25, 0.3) is 11.8 Å². The molecule has 1 N–H and O–H groups in total. The van der Waals surface area contributed by atoms with Crippen LogP contribution in [0.1, 0.15) is 58.1 Å². The molecule has 0 aliphatic carbocycles. The van der Waals surface area contributed by atoms with Crippen LogP contribution in [0.5, 0.6) is 5.75 Å². The van der Waals surface area contributed by atoms with Gasteiger partial charge in [-0.05, 0) is 87.8 Å². The van der Waals surface area contributed by atoms with Gasteiger partial charge >= 0.3 is 6.03 Å². The Morgan fingerprint density at radius 2 is 1.37 bits per heavy atom. The number of amides is 4. The molecule has 2 atom stereocenters. The molecular weight excluding hydrogens is 694 g/mol. The highest BCUT2D eigenvalue weighted by molar-refractivity contribution is 6.39. The maximum absolute atomic E-state index is 14.7. The van der Waals surface area contributed by atoms with E-state index in [1.165, 1.54) is 16.8 Å². The largest absolute Gasteiger partial charge is 0.488 e.